The Balaban J connectivity index is 1.42. The molecule has 3 N–H and O–H groups in total. The van der Waals surface area contributed by atoms with Crippen LogP contribution in [-0.2, 0) is 5.41 Å². The maximum atomic E-state index is 14.2. The van der Waals surface area contributed by atoms with Crippen molar-refractivity contribution in [3.63, 3.8) is 0 Å². The Bertz CT molecular complexity index is 1330. The zero-order chi connectivity index (χ0) is 26.5. The Labute approximate surface area is 221 Å². The van der Waals surface area contributed by atoms with Crippen molar-refractivity contribution >= 4 is 46.2 Å². The number of nitrogens with two attached hydrogens (primary N) is 1. The van der Waals surface area contributed by atoms with Crippen LogP contribution in [0.3, 0.4) is 0 Å². The van der Waals surface area contributed by atoms with Gasteiger partial charge in [-0.2, -0.15) is 4.98 Å². The van der Waals surface area contributed by atoms with E-state index in [4.69, 9.17) is 22.1 Å². The molecule has 0 unspecified atom stereocenters. The summed E-state index contributed by atoms with van der Waals surface area (Å²) in [5.74, 6) is 0.966. The van der Waals surface area contributed by atoms with E-state index >= 15 is 0 Å². The zero-order valence-corrected chi connectivity index (χ0v) is 22.5. The Hall–Kier alpha value is -3.37. The molecule has 37 heavy (non-hydrogen) atoms. The fourth-order valence-electron chi connectivity index (χ4n) is 5.15. The molecule has 3 aromatic rings. The van der Waals surface area contributed by atoms with Gasteiger partial charge in [-0.25, -0.2) is 14.4 Å². The van der Waals surface area contributed by atoms with E-state index in [9.17, 15) is 4.39 Å². The van der Waals surface area contributed by atoms with E-state index in [0.717, 1.165) is 36.4 Å². The van der Waals surface area contributed by atoms with Crippen LogP contribution in [0.4, 0.5) is 39.0 Å². The van der Waals surface area contributed by atoms with Gasteiger partial charge in [0.2, 0.25) is 11.9 Å². The molecule has 0 radical (unpaired) electrons. The van der Waals surface area contributed by atoms with Crippen LogP contribution in [0.1, 0.15) is 25.8 Å². The summed E-state index contributed by atoms with van der Waals surface area (Å²) in [7, 11) is 5.82. The van der Waals surface area contributed by atoms with E-state index in [1.54, 1.807) is 13.2 Å². The number of benzene rings is 2. The lowest BCUT2D eigenvalue weighted by molar-refractivity contribution is 0.315. The monoisotopic (exact) mass is 526 g/mol. The van der Waals surface area contributed by atoms with Crippen molar-refractivity contribution in [1.82, 2.24) is 19.9 Å². The van der Waals surface area contributed by atoms with E-state index in [1.165, 1.54) is 12.4 Å². The van der Waals surface area contributed by atoms with Crippen molar-refractivity contribution in [2.75, 3.05) is 61.7 Å². The van der Waals surface area contributed by atoms with Crippen molar-refractivity contribution in [3.8, 4) is 5.75 Å². The quantitative estimate of drug-likeness (QED) is 0.448. The van der Waals surface area contributed by atoms with Crippen LogP contribution < -0.4 is 25.6 Å². The smallest absolute Gasteiger partial charge is 0.234 e. The van der Waals surface area contributed by atoms with E-state index < -0.39 is 5.82 Å². The number of hydrogen-bond donors (Lipinski definition) is 2. The van der Waals surface area contributed by atoms with E-state index in [1.807, 2.05) is 17.0 Å². The summed E-state index contributed by atoms with van der Waals surface area (Å²) in [5.41, 5.74) is 10.0. The third-order valence-corrected chi connectivity index (χ3v) is 7.53. The molecule has 0 amide bonds. The second-order valence-electron chi connectivity index (χ2n) is 10.5. The van der Waals surface area contributed by atoms with Crippen LogP contribution in [0.2, 0.25) is 5.02 Å². The summed E-state index contributed by atoms with van der Waals surface area (Å²) in [6.45, 7) is 6.51. The van der Waals surface area contributed by atoms with Crippen molar-refractivity contribution < 1.29 is 9.13 Å². The topological polar surface area (TPSA) is 95.7 Å². The first kappa shape index (κ1) is 25.3. The van der Waals surface area contributed by atoms with Gasteiger partial charge in [0.05, 0.1) is 29.2 Å². The first-order chi connectivity index (χ1) is 17.6. The lowest BCUT2D eigenvalue weighted by Gasteiger charge is -2.24. The number of nitrogens with zero attached hydrogens (tertiary/aromatic N) is 6. The van der Waals surface area contributed by atoms with Crippen molar-refractivity contribution in [3.05, 3.63) is 47.0 Å². The van der Waals surface area contributed by atoms with Gasteiger partial charge in [0, 0.05) is 42.8 Å². The minimum Gasteiger partial charge on any atom is -0.494 e. The standard InChI is InChI=1S/C26H32ClFN8O/c1-26(2)13-36(21-9-17(27)18(28)8-16(21)26)25-31-14-30-24(33-25)32-20-10-19(29)22(11-23(20)37-5)35-7-6-15(12-35)34(3)4/h8-11,14-15H,6-7,12-13,29H2,1-5H3,(H,30,31,32,33)/t15-/m1/s1. The van der Waals surface area contributed by atoms with Crippen LogP contribution in [0.25, 0.3) is 0 Å². The predicted octanol–water partition coefficient (Wildman–Crippen LogP) is 4.57. The summed E-state index contributed by atoms with van der Waals surface area (Å²) in [6, 6.07) is 7.40. The molecule has 11 heteroatoms. The highest BCUT2D eigenvalue weighted by Crippen LogP contribution is 2.45. The number of likely N-dealkylation sites (N-methyl/N-ethyl adjacent to an activating group) is 1. The number of rotatable bonds is 6. The molecule has 2 aliphatic heterocycles. The molecule has 196 valence electrons. The number of hydrogen-bond acceptors (Lipinski definition) is 9. The van der Waals surface area contributed by atoms with Gasteiger partial charge in [-0.1, -0.05) is 25.4 Å². The maximum absolute atomic E-state index is 14.2. The van der Waals surface area contributed by atoms with Gasteiger partial charge >= 0.3 is 0 Å². The van der Waals surface area contributed by atoms with Gasteiger partial charge in [0.15, 0.2) is 0 Å². The number of halogens is 2. The molecule has 3 heterocycles. The van der Waals surface area contributed by atoms with E-state index in [-0.39, 0.29) is 10.4 Å². The van der Waals surface area contributed by atoms with Crippen LogP contribution in [0.15, 0.2) is 30.6 Å². The Morgan fingerprint density at radius 2 is 1.97 bits per heavy atom. The highest BCUT2D eigenvalue weighted by atomic mass is 35.5. The summed E-state index contributed by atoms with van der Waals surface area (Å²) in [5, 5.41) is 3.29. The molecule has 2 aromatic carbocycles. The number of nitrogen functional groups attached to an aromatic ring is 1. The first-order valence-electron chi connectivity index (χ1n) is 12.2. The molecule has 1 fully saturated rings. The van der Waals surface area contributed by atoms with Gasteiger partial charge in [-0.3, -0.25) is 0 Å². The number of nitrogens with one attached hydrogen (secondary N) is 1. The Morgan fingerprint density at radius 3 is 2.68 bits per heavy atom. The minimum atomic E-state index is -0.437. The summed E-state index contributed by atoms with van der Waals surface area (Å²) in [6.07, 6.45) is 2.52. The Morgan fingerprint density at radius 1 is 1.19 bits per heavy atom. The molecule has 5 rings (SSSR count). The third-order valence-electron chi connectivity index (χ3n) is 7.24. The number of anilines is 6. The molecule has 1 atom stereocenters. The number of ether oxygens (including phenoxy) is 1. The lowest BCUT2D eigenvalue weighted by atomic mass is 9.87. The molecular weight excluding hydrogens is 495 g/mol. The number of methoxy groups -OCH3 is 1. The molecule has 9 nitrogen and oxygen atoms in total. The minimum absolute atomic E-state index is 0.0593. The molecule has 2 aliphatic rings. The number of aromatic nitrogens is 3. The molecule has 0 spiro atoms. The van der Waals surface area contributed by atoms with Crippen LogP contribution >= 0.6 is 11.6 Å². The lowest BCUT2D eigenvalue weighted by Crippen LogP contribution is -2.31. The highest BCUT2D eigenvalue weighted by Gasteiger charge is 2.38. The van der Waals surface area contributed by atoms with Gasteiger partial charge in [-0.05, 0) is 44.3 Å². The summed E-state index contributed by atoms with van der Waals surface area (Å²) >= 11 is 6.11. The van der Waals surface area contributed by atoms with Gasteiger partial charge < -0.3 is 30.5 Å². The van der Waals surface area contributed by atoms with Crippen LogP contribution in [-0.4, -0.2) is 66.7 Å². The Kier molecular flexibility index (Phi) is 6.49. The SMILES string of the molecule is COc1cc(N2CC[C@@H](N(C)C)C2)c(N)cc1Nc1ncnc(N2CC(C)(C)c3cc(F)c(Cl)cc32)n1. The molecule has 1 aromatic heterocycles. The second-order valence-corrected chi connectivity index (χ2v) is 10.9. The summed E-state index contributed by atoms with van der Waals surface area (Å²) < 4.78 is 19.9. The maximum Gasteiger partial charge on any atom is 0.234 e. The molecule has 1 saturated heterocycles. The summed E-state index contributed by atoms with van der Waals surface area (Å²) in [4.78, 5) is 19.8. The fourth-order valence-corrected chi connectivity index (χ4v) is 5.31. The molecular formula is C26H32ClFN8O. The van der Waals surface area contributed by atoms with Crippen molar-refractivity contribution in [1.29, 1.82) is 0 Å². The van der Waals surface area contributed by atoms with Crippen molar-refractivity contribution in [2.24, 2.45) is 0 Å². The van der Waals surface area contributed by atoms with Gasteiger partial charge in [0.1, 0.15) is 17.9 Å². The normalized spacial score (nSPS) is 18.4. The average Bonchev–Trinajstić information content (AvgIpc) is 3.43. The van der Waals surface area contributed by atoms with Crippen LogP contribution in [0, 0.1) is 5.82 Å². The number of fused-ring (bicyclic) bond motifs is 1. The van der Waals surface area contributed by atoms with Crippen LogP contribution in [0.5, 0.6) is 5.75 Å². The average molecular weight is 527 g/mol. The predicted molar refractivity (Wildman–Crippen MR) is 146 cm³/mol. The van der Waals surface area contributed by atoms with Gasteiger partial charge in [0.25, 0.3) is 0 Å². The van der Waals surface area contributed by atoms with E-state index in [2.05, 4.69) is 58.0 Å². The second kappa shape index (κ2) is 9.50. The molecule has 0 saturated carbocycles. The van der Waals surface area contributed by atoms with E-state index in [0.29, 0.717) is 41.6 Å². The third kappa shape index (κ3) is 4.71. The fraction of sp³-hybridized carbons (Fsp3) is 0.423. The largest absolute Gasteiger partial charge is 0.494 e. The highest BCUT2D eigenvalue weighted by molar-refractivity contribution is 6.31. The first-order valence-corrected chi connectivity index (χ1v) is 12.6. The molecule has 0 bridgehead atoms. The molecule has 0 aliphatic carbocycles. The van der Waals surface area contributed by atoms with Crippen molar-refractivity contribution in [2.45, 2.75) is 31.7 Å². The van der Waals surface area contributed by atoms with Gasteiger partial charge in [-0.15, -0.1) is 0 Å². The zero-order valence-electron chi connectivity index (χ0n) is 21.7.